The van der Waals surface area contributed by atoms with Gasteiger partial charge in [0.2, 0.25) is 5.91 Å². The average molecular weight is 635 g/mol. The molecule has 0 bridgehead atoms. The molecule has 2 aromatic carbocycles. The number of ether oxygens (including phenoxy) is 1. The number of rotatable bonds is 10. The van der Waals surface area contributed by atoms with Crippen LogP contribution in [0.15, 0.2) is 73.3 Å². The maximum atomic E-state index is 14.7. The first-order valence-electron chi connectivity index (χ1n) is 15.5. The molecule has 1 atom stereocenters. The largest absolute Gasteiger partial charge is 0.360 e. The molecule has 1 aliphatic heterocycles. The third-order valence-corrected chi connectivity index (χ3v) is 7.72. The van der Waals surface area contributed by atoms with Gasteiger partial charge in [0.1, 0.15) is 23.3 Å². The monoisotopic (exact) mass is 634 g/mol. The van der Waals surface area contributed by atoms with E-state index in [0.717, 1.165) is 19.3 Å². The lowest BCUT2D eigenvalue weighted by Gasteiger charge is -2.26. The molecule has 0 radical (unpaired) electrons. The number of benzene rings is 2. The Morgan fingerprint density at radius 1 is 1.00 bits per heavy atom. The number of amides is 2. The number of nitrogens with zero attached hydrogens (tertiary/aromatic N) is 3. The summed E-state index contributed by atoms with van der Waals surface area (Å²) in [5, 5.41) is 18.3. The fraction of sp³-hybridized carbons (Fsp3) is 0.257. The van der Waals surface area contributed by atoms with Crippen LogP contribution in [0.25, 0.3) is 22.2 Å². The van der Waals surface area contributed by atoms with Gasteiger partial charge in [0.15, 0.2) is 5.82 Å². The number of carbonyl (C=O) groups excluding carboxylic acids is 2. The smallest absolute Gasteiger partial charge is 0.255 e. The van der Waals surface area contributed by atoms with Crippen molar-refractivity contribution >= 4 is 45.6 Å². The number of fused-ring (bicyclic) bond motifs is 1. The summed E-state index contributed by atoms with van der Waals surface area (Å²) < 4.78 is 20.6. The predicted octanol–water partition coefficient (Wildman–Crippen LogP) is 6.75. The molecule has 6 rings (SSSR count). The van der Waals surface area contributed by atoms with Gasteiger partial charge in [-0.25, -0.2) is 9.37 Å². The minimum absolute atomic E-state index is 0.0187. The molecule has 1 aliphatic rings. The van der Waals surface area contributed by atoms with Crippen molar-refractivity contribution in [2.45, 2.75) is 45.8 Å². The van der Waals surface area contributed by atoms with Crippen LogP contribution < -0.4 is 16.0 Å². The van der Waals surface area contributed by atoms with Crippen LogP contribution in [-0.4, -0.2) is 50.3 Å². The molecule has 1 fully saturated rings. The zero-order chi connectivity index (χ0) is 32.9. The first-order valence-corrected chi connectivity index (χ1v) is 15.5. The number of aromatic nitrogens is 4. The van der Waals surface area contributed by atoms with Crippen LogP contribution in [0.3, 0.4) is 0 Å². The van der Waals surface area contributed by atoms with Crippen LogP contribution in [0.2, 0.25) is 0 Å². The van der Waals surface area contributed by atoms with Crippen LogP contribution in [0.5, 0.6) is 0 Å². The minimum atomic E-state index is -0.428. The highest BCUT2D eigenvalue weighted by atomic mass is 19.1. The molecule has 5 aromatic rings. The summed E-state index contributed by atoms with van der Waals surface area (Å²) in [7, 11) is 0. The first-order chi connectivity index (χ1) is 22.7. The van der Waals surface area contributed by atoms with E-state index in [2.05, 4.69) is 30.9 Å². The summed E-state index contributed by atoms with van der Waals surface area (Å²) in [6.07, 6.45) is 9.04. The van der Waals surface area contributed by atoms with E-state index in [-0.39, 0.29) is 29.6 Å². The van der Waals surface area contributed by atoms with Crippen molar-refractivity contribution in [1.82, 2.24) is 19.9 Å². The number of carbonyl (C=O) groups is 2. The van der Waals surface area contributed by atoms with Crippen molar-refractivity contribution < 1.29 is 18.7 Å². The maximum absolute atomic E-state index is 14.7. The third kappa shape index (κ3) is 7.33. The predicted molar refractivity (Wildman–Crippen MR) is 179 cm³/mol. The molecule has 3 aromatic heterocycles. The standard InChI is InChI=1S/C35H35FN8O3/c1-20(2)13-30(45)40-22-15-23(17-38-16-22)41-35(46)21-10-11-28(42-31-9-5-6-12-47-31)25(14-21)32(37)34-43-29-19-39-18-26(33(29)44-34)24-7-3-4-8-27(24)36/h3-4,7-8,10-11,14-20,31,37,42H,5-6,9,12-13H2,1-2H3,(H,40,45)(H,41,46)(H,43,44). The molecule has 240 valence electrons. The summed E-state index contributed by atoms with van der Waals surface area (Å²) in [4.78, 5) is 42.0. The fourth-order valence-electron chi connectivity index (χ4n) is 5.46. The van der Waals surface area contributed by atoms with Crippen molar-refractivity contribution in [2.75, 3.05) is 22.6 Å². The van der Waals surface area contributed by atoms with Gasteiger partial charge in [-0.15, -0.1) is 0 Å². The van der Waals surface area contributed by atoms with Crippen molar-refractivity contribution in [2.24, 2.45) is 5.92 Å². The zero-order valence-corrected chi connectivity index (χ0v) is 26.1. The van der Waals surface area contributed by atoms with Crippen LogP contribution >= 0.6 is 0 Å². The maximum Gasteiger partial charge on any atom is 0.255 e. The molecule has 47 heavy (non-hydrogen) atoms. The van der Waals surface area contributed by atoms with Gasteiger partial charge in [-0.1, -0.05) is 32.0 Å². The molecular weight excluding hydrogens is 599 g/mol. The second-order valence-electron chi connectivity index (χ2n) is 11.8. The highest BCUT2D eigenvalue weighted by Crippen LogP contribution is 2.30. The van der Waals surface area contributed by atoms with Gasteiger partial charge in [-0.05, 0) is 55.5 Å². The molecule has 4 heterocycles. The normalized spacial score (nSPS) is 14.6. The molecule has 5 N–H and O–H groups in total. The Morgan fingerprint density at radius 3 is 2.55 bits per heavy atom. The van der Waals surface area contributed by atoms with E-state index in [1.807, 2.05) is 13.8 Å². The van der Waals surface area contributed by atoms with Crippen LogP contribution in [0.1, 0.15) is 61.3 Å². The summed E-state index contributed by atoms with van der Waals surface area (Å²) >= 11 is 0. The Kier molecular flexibility index (Phi) is 9.30. The number of aromatic amines is 1. The lowest BCUT2D eigenvalue weighted by molar-refractivity contribution is -0.116. The highest BCUT2D eigenvalue weighted by Gasteiger charge is 2.22. The second kappa shape index (κ2) is 13.9. The summed E-state index contributed by atoms with van der Waals surface area (Å²) in [6, 6.07) is 13.1. The van der Waals surface area contributed by atoms with Gasteiger partial charge in [0.05, 0.1) is 35.5 Å². The van der Waals surface area contributed by atoms with E-state index < -0.39 is 11.7 Å². The van der Waals surface area contributed by atoms with Crippen molar-refractivity contribution in [1.29, 1.82) is 5.41 Å². The number of imidazole rings is 1. The Morgan fingerprint density at radius 2 is 1.79 bits per heavy atom. The molecule has 0 aliphatic carbocycles. The second-order valence-corrected chi connectivity index (χ2v) is 11.8. The molecular formula is C35H35FN8O3. The number of hydrogen-bond acceptors (Lipinski definition) is 8. The topological polar surface area (TPSA) is 158 Å². The number of H-pyrrole nitrogens is 1. The Bertz CT molecular complexity index is 1950. The van der Waals surface area contributed by atoms with E-state index in [0.29, 0.717) is 63.4 Å². The number of nitrogens with one attached hydrogen (secondary N) is 5. The molecule has 1 saturated heterocycles. The van der Waals surface area contributed by atoms with Gasteiger partial charge < -0.3 is 25.7 Å². The van der Waals surface area contributed by atoms with E-state index in [4.69, 9.17) is 9.72 Å². The molecule has 0 spiro atoms. The van der Waals surface area contributed by atoms with Gasteiger partial charge in [0, 0.05) is 47.2 Å². The van der Waals surface area contributed by atoms with Gasteiger partial charge in [-0.3, -0.25) is 25.0 Å². The Labute approximate surface area is 270 Å². The minimum Gasteiger partial charge on any atom is -0.360 e. The van der Waals surface area contributed by atoms with E-state index >= 15 is 0 Å². The summed E-state index contributed by atoms with van der Waals surface area (Å²) in [5.41, 5.74) is 4.05. The molecule has 11 nitrogen and oxygen atoms in total. The highest BCUT2D eigenvalue weighted by molar-refractivity contribution is 6.15. The van der Waals surface area contributed by atoms with E-state index in [9.17, 15) is 19.4 Å². The van der Waals surface area contributed by atoms with Crippen LogP contribution in [0, 0.1) is 17.1 Å². The van der Waals surface area contributed by atoms with E-state index in [1.165, 1.54) is 18.5 Å². The van der Waals surface area contributed by atoms with E-state index in [1.54, 1.807) is 54.9 Å². The lowest BCUT2D eigenvalue weighted by atomic mass is 10.0. The zero-order valence-electron chi connectivity index (χ0n) is 26.1. The third-order valence-electron chi connectivity index (χ3n) is 7.72. The fourth-order valence-corrected chi connectivity index (χ4v) is 5.46. The van der Waals surface area contributed by atoms with Crippen molar-refractivity contribution in [3.63, 3.8) is 0 Å². The van der Waals surface area contributed by atoms with Crippen molar-refractivity contribution in [3.05, 3.63) is 96.1 Å². The van der Waals surface area contributed by atoms with Crippen molar-refractivity contribution in [3.8, 4) is 11.1 Å². The van der Waals surface area contributed by atoms with Crippen LogP contribution in [0.4, 0.5) is 21.5 Å². The molecule has 12 heteroatoms. The van der Waals surface area contributed by atoms with Gasteiger partial charge in [0.25, 0.3) is 5.91 Å². The van der Waals surface area contributed by atoms with Crippen LogP contribution in [-0.2, 0) is 9.53 Å². The number of pyridine rings is 2. The Balaban J connectivity index is 1.31. The van der Waals surface area contributed by atoms with Gasteiger partial charge >= 0.3 is 0 Å². The van der Waals surface area contributed by atoms with Gasteiger partial charge in [-0.2, -0.15) is 0 Å². The molecule has 2 amide bonds. The average Bonchev–Trinajstić information content (AvgIpc) is 3.50. The lowest BCUT2D eigenvalue weighted by Crippen LogP contribution is -2.28. The Hall–Kier alpha value is -5.49. The number of hydrogen-bond donors (Lipinski definition) is 5. The quantitative estimate of drug-likeness (QED) is 0.106. The molecule has 1 unspecified atom stereocenters. The SMILES string of the molecule is CC(C)CC(=O)Nc1cncc(NC(=O)c2ccc(NC3CCCCO3)c(C(=N)c3nc4c(-c5ccccc5F)cncc4[nH]3)c2)c1. The first kappa shape index (κ1) is 31.5. The number of halogens is 1. The summed E-state index contributed by atoms with van der Waals surface area (Å²) in [6.45, 7) is 4.55. The molecule has 0 saturated carbocycles. The summed E-state index contributed by atoms with van der Waals surface area (Å²) in [5.74, 6) is -0.544. The number of anilines is 3.